The van der Waals surface area contributed by atoms with Gasteiger partial charge in [0.1, 0.15) is 17.1 Å². The number of nitrogens with one attached hydrogen (secondary N) is 1. The molecule has 0 aliphatic rings. The van der Waals surface area contributed by atoms with Crippen LogP contribution in [0.4, 0.5) is 0 Å². The Balaban J connectivity index is 2.00. The van der Waals surface area contributed by atoms with Gasteiger partial charge in [0.05, 0.1) is 24.9 Å². The Bertz CT molecular complexity index is 994. The van der Waals surface area contributed by atoms with Crippen LogP contribution in [0.25, 0.3) is 5.65 Å². The minimum absolute atomic E-state index is 0.0144. The first kappa shape index (κ1) is 22.0. The van der Waals surface area contributed by atoms with E-state index in [-0.39, 0.29) is 18.2 Å². The molecule has 0 fully saturated rings. The Morgan fingerprint density at radius 3 is 2.50 bits per heavy atom. The van der Waals surface area contributed by atoms with E-state index in [1.54, 1.807) is 26.5 Å². The summed E-state index contributed by atoms with van der Waals surface area (Å²) in [6.45, 7) is 4.93. The molecule has 0 aliphatic heterocycles. The van der Waals surface area contributed by atoms with Crippen LogP contribution in [-0.2, 0) is 4.79 Å². The summed E-state index contributed by atoms with van der Waals surface area (Å²) in [4.78, 5) is 17.3. The standard InChI is InChI=1S/C23H28ClN3O3/c1-15(2)7-8-25-23(28)12-20(16-9-18(29-3)11-19(10-16)30-4)21-13-26-22-6-5-17(24)14-27(21)22/h5-6,9-11,13-15,20H,7-8,12H2,1-4H3,(H,25,28). The summed E-state index contributed by atoms with van der Waals surface area (Å²) in [5.41, 5.74) is 2.56. The molecular formula is C23H28ClN3O3. The van der Waals surface area contributed by atoms with Crippen molar-refractivity contribution in [2.75, 3.05) is 20.8 Å². The van der Waals surface area contributed by atoms with Crippen molar-refractivity contribution in [3.63, 3.8) is 0 Å². The summed E-state index contributed by atoms with van der Waals surface area (Å²) in [7, 11) is 3.22. The average Bonchev–Trinajstić information content (AvgIpc) is 3.14. The molecule has 1 unspecified atom stereocenters. The van der Waals surface area contributed by atoms with Gasteiger partial charge in [0.2, 0.25) is 5.91 Å². The van der Waals surface area contributed by atoms with Crippen molar-refractivity contribution in [1.82, 2.24) is 14.7 Å². The number of methoxy groups -OCH3 is 2. The molecule has 1 aromatic carbocycles. The van der Waals surface area contributed by atoms with Crippen molar-refractivity contribution >= 4 is 23.2 Å². The number of rotatable bonds is 9. The molecule has 2 heterocycles. The van der Waals surface area contributed by atoms with E-state index < -0.39 is 0 Å². The van der Waals surface area contributed by atoms with Crippen molar-refractivity contribution < 1.29 is 14.3 Å². The van der Waals surface area contributed by atoms with Crippen LogP contribution in [0.15, 0.2) is 42.7 Å². The third-order valence-electron chi connectivity index (χ3n) is 5.06. The summed E-state index contributed by atoms with van der Waals surface area (Å²) in [5, 5.41) is 3.64. The van der Waals surface area contributed by atoms with Gasteiger partial charge in [-0.25, -0.2) is 4.98 Å². The molecule has 1 atom stereocenters. The fourth-order valence-electron chi connectivity index (χ4n) is 3.41. The molecule has 0 spiro atoms. The Kier molecular flexibility index (Phi) is 7.21. The van der Waals surface area contributed by atoms with Gasteiger partial charge in [0.25, 0.3) is 0 Å². The number of nitrogens with zero attached hydrogens (tertiary/aromatic N) is 2. The van der Waals surface area contributed by atoms with Crippen LogP contribution in [0, 0.1) is 5.92 Å². The van der Waals surface area contributed by atoms with E-state index >= 15 is 0 Å². The number of fused-ring (bicyclic) bond motifs is 1. The molecule has 30 heavy (non-hydrogen) atoms. The molecule has 0 saturated heterocycles. The molecule has 0 bridgehead atoms. The molecule has 2 aromatic heterocycles. The summed E-state index contributed by atoms with van der Waals surface area (Å²) < 4.78 is 12.8. The van der Waals surface area contributed by atoms with Crippen LogP contribution >= 0.6 is 11.6 Å². The highest BCUT2D eigenvalue weighted by molar-refractivity contribution is 6.30. The fraction of sp³-hybridized carbons (Fsp3) is 0.391. The van der Waals surface area contributed by atoms with Crippen molar-refractivity contribution in [2.24, 2.45) is 5.92 Å². The van der Waals surface area contributed by atoms with Gasteiger partial charge in [-0.2, -0.15) is 0 Å². The first-order valence-corrected chi connectivity index (χ1v) is 10.4. The maximum atomic E-state index is 12.8. The van der Waals surface area contributed by atoms with Crippen LogP contribution in [0.2, 0.25) is 5.02 Å². The zero-order valence-corrected chi connectivity index (χ0v) is 18.6. The number of hydrogen-bond acceptors (Lipinski definition) is 4. The molecule has 0 aliphatic carbocycles. The second-order valence-corrected chi connectivity index (χ2v) is 8.13. The minimum Gasteiger partial charge on any atom is -0.497 e. The number of carbonyl (C=O) groups is 1. The molecule has 3 rings (SSSR count). The summed E-state index contributed by atoms with van der Waals surface area (Å²) in [6, 6.07) is 9.33. The summed E-state index contributed by atoms with van der Waals surface area (Å²) in [5.74, 6) is 1.61. The number of pyridine rings is 1. The van der Waals surface area contributed by atoms with Gasteiger partial charge in [-0.05, 0) is 42.2 Å². The van der Waals surface area contributed by atoms with Gasteiger partial charge in [-0.3, -0.25) is 4.79 Å². The topological polar surface area (TPSA) is 64.9 Å². The lowest BCUT2D eigenvalue weighted by atomic mass is 9.91. The SMILES string of the molecule is COc1cc(OC)cc(C(CC(=O)NCCC(C)C)c2cnc3ccc(Cl)cn23)c1. The molecule has 6 nitrogen and oxygen atoms in total. The number of benzene rings is 1. The third-order valence-corrected chi connectivity index (χ3v) is 5.29. The van der Waals surface area contributed by atoms with Crippen molar-refractivity contribution in [2.45, 2.75) is 32.6 Å². The lowest BCUT2D eigenvalue weighted by Gasteiger charge is -2.19. The zero-order chi connectivity index (χ0) is 21.7. The highest BCUT2D eigenvalue weighted by Gasteiger charge is 2.23. The first-order chi connectivity index (χ1) is 14.4. The smallest absolute Gasteiger partial charge is 0.221 e. The van der Waals surface area contributed by atoms with Crippen molar-refractivity contribution in [1.29, 1.82) is 0 Å². The Labute approximate surface area is 182 Å². The normalized spacial score (nSPS) is 12.2. The Hall–Kier alpha value is -2.73. The molecule has 1 N–H and O–H groups in total. The molecule has 0 radical (unpaired) electrons. The van der Waals surface area contributed by atoms with Crippen LogP contribution in [-0.4, -0.2) is 36.1 Å². The Morgan fingerprint density at radius 1 is 1.17 bits per heavy atom. The number of ether oxygens (including phenoxy) is 2. The predicted octanol–water partition coefficient (Wildman–Crippen LogP) is 4.69. The molecule has 0 saturated carbocycles. The Morgan fingerprint density at radius 2 is 1.87 bits per heavy atom. The molecule has 7 heteroatoms. The van der Waals surface area contributed by atoms with Crippen molar-refractivity contribution in [3.8, 4) is 11.5 Å². The largest absolute Gasteiger partial charge is 0.497 e. The third kappa shape index (κ3) is 5.25. The van der Waals surface area contributed by atoms with E-state index in [4.69, 9.17) is 21.1 Å². The van der Waals surface area contributed by atoms with Gasteiger partial charge in [0, 0.05) is 37.3 Å². The number of halogens is 1. The van der Waals surface area contributed by atoms with E-state index in [1.807, 2.05) is 34.9 Å². The van der Waals surface area contributed by atoms with Crippen LogP contribution in [0.3, 0.4) is 0 Å². The summed E-state index contributed by atoms with van der Waals surface area (Å²) >= 11 is 6.23. The number of hydrogen-bond donors (Lipinski definition) is 1. The number of aromatic nitrogens is 2. The quantitative estimate of drug-likeness (QED) is 0.536. The highest BCUT2D eigenvalue weighted by atomic mass is 35.5. The highest BCUT2D eigenvalue weighted by Crippen LogP contribution is 2.34. The van der Waals surface area contributed by atoms with Gasteiger partial charge in [0.15, 0.2) is 0 Å². The second-order valence-electron chi connectivity index (χ2n) is 7.69. The molecular weight excluding hydrogens is 402 g/mol. The molecule has 1 amide bonds. The molecule has 160 valence electrons. The lowest BCUT2D eigenvalue weighted by molar-refractivity contribution is -0.121. The van der Waals surface area contributed by atoms with Gasteiger partial charge in [-0.15, -0.1) is 0 Å². The maximum Gasteiger partial charge on any atom is 0.221 e. The van der Waals surface area contributed by atoms with E-state index in [1.165, 1.54) is 0 Å². The predicted molar refractivity (Wildman–Crippen MR) is 119 cm³/mol. The van der Waals surface area contributed by atoms with Crippen LogP contribution < -0.4 is 14.8 Å². The number of imidazole rings is 1. The summed E-state index contributed by atoms with van der Waals surface area (Å²) in [6.07, 6.45) is 4.83. The second kappa shape index (κ2) is 9.85. The average molecular weight is 430 g/mol. The van der Waals surface area contributed by atoms with Gasteiger partial charge >= 0.3 is 0 Å². The lowest BCUT2D eigenvalue weighted by Crippen LogP contribution is -2.27. The first-order valence-electron chi connectivity index (χ1n) is 10.0. The van der Waals surface area contributed by atoms with E-state index in [0.717, 1.165) is 23.3 Å². The monoisotopic (exact) mass is 429 g/mol. The van der Waals surface area contributed by atoms with Crippen LogP contribution in [0.1, 0.15) is 43.9 Å². The fourth-order valence-corrected chi connectivity index (χ4v) is 3.57. The molecule has 3 aromatic rings. The van der Waals surface area contributed by atoms with E-state index in [0.29, 0.717) is 29.0 Å². The van der Waals surface area contributed by atoms with E-state index in [9.17, 15) is 4.79 Å². The minimum atomic E-state index is -0.249. The maximum absolute atomic E-state index is 12.8. The zero-order valence-electron chi connectivity index (χ0n) is 17.8. The van der Waals surface area contributed by atoms with Gasteiger partial charge in [-0.1, -0.05) is 25.4 Å². The van der Waals surface area contributed by atoms with E-state index in [2.05, 4.69) is 24.1 Å². The number of carbonyl (C=O) groups excluding carboxylic acids is 1. The number of amides is 1. The van der Waals surface area contributed by atoms with Crippen LogP contribution in [0.5, 0.6) is 11.5 Å². The van der Waals surface area contributed by atoms with Gasteiger partial charge < -0.3 is 19.2 Å². The van der Waals surface area contributed by atoms with Crippen molar-refractivity contribution in [3.05, 3.63) is 59.0 Å².